The molecule has 2 unspecified atom stereocenters. The molecular weight excluding hydrogens is 242 g/mol. The van der Waals surface area contributed by atoms with Crippen molar-refractivity contribution in [3.8, 4) is 0 Å². The fourth-order valence-electron chi connectivity index (χ4n) is 2.11. The van der Waals surface area contributed by atoms with Crippen molar-refractivity contribution in [3.05, 3.63) is 35.9 Å². The molecule has 0 fully saturated rings. The predicted octanol–water partition coefficient (Wildman–Crippen LogP) is 2.00. The highest BCUT2D eigenvalue weighted by Gasteiger charge is 2.37. The number of carboxylic acids is 1. The number of nitrogens with zero attached hydrogens (tertiary/aromatic N) is 1. The fraction of sp³-hybridized carbons (Fsp3) is 0.533. The van der Waals surface area contributed by atoms with Crippen molar-refractivity contribution in [3.63, 3.8) is 0 Å². The van der Waals surface area contributed by atoms with Gasteiger partial charge in [-0.15, -0.1) is 0 Å². The molecule has 2 atom stereocenters. The van der Waals surface area contributed by atoms with E-state index in [4.69, 9.17) is 4.74 Å². The van der Waals surface area contributed by atoms with Crippen molar-refractivity contribution in [2.24, 2.45) is 0 Å². The molecule has 0 aromatic heterocycles. The van der Waals surface area contributed by atoms with E-state index in [0.717, 1.165) is 5.56 Å². The van der Waals surface area contributed by atoms with Crippen LogP contribution >= 0.6 is 0 Å². The molecule has 0 saturated carbocycles. The van der Waals surface area contributed by atoms with Crippen LogP contribution in [-0.2, 0) is 14.9 Å². The van der Waals surface area contributed by atoms with Crippen LogP contribution in [-0.4, -0.2) is 49.3 Å². The zero-order valence-electron chi connectivity index (χ0n) is 12.1. The molecule has 0 spiro atoms. The average molecular weight is 265 g/mol. The van der Waals surface area contributed by atoms with E-state index in [1.807, 2.05) is 49.2 Å². The minimum absolute atomic E-state index is 0.174. The maximum Gasteiger partial charge on any atom is 0.315 e. The summed E-state index contributed by atoms with van der Waals surface area (Å²) in [5, 5.41) is 9.59. The van der Waals surface area contributed by atoms with Crippen molar-refractivity contribution in [2.75, 3.05) is 27.3 Å². The number of hydrogen-bond acceptors (Lipinski definition) is 3. The first-order valence-electron chi connectivity index (χ1n) is 6.40. The molecule has 19 heavy (non-hydrogen) atoms. The van der Waals surface area contributed by atoms with Crippen LogP contribution in [0.2, 0.25) is 0 Å². The van der Waals surface area contributed by atoms with Crippen LogP contribution in [0, 0.1) is 0 Å². The number of methoxy groups -OCH3 is 1. The molecule has 1 rings (SSSR count). The summed E-state index contributed by atoms with van der Waals surface area (Å²) >= 11 is 0. The lowest BCUT2D eigenvalue weighted by molar-refractivity contribution is -0.144. The lowest BCUT2D eigenvalue weighted by atomic mass is 9.82. The van der Waals surface area contributed by atoms with Gasteiger partial charge in [0.05, 0.1) is 6.61 Å². The first-order valence-corrected chi connectivity index (χ1v) is 6.40. The van der Waals surface area contributed by atoms with Gasteiger partial charge < -0.3 is 9.84 Å². The van der Waals surface area contributed by atoms with Crippen LogP contribution in [0.15, 0.2) is 30.3 Å². The molecule has 0 amide bonds. The molecule has 0 radical (unpaired) electrons. The zero-order valence-corrected chi connectivity index (χ0v) is 12.1. The maximum absolute atomic E-state index is 11.7. The van der Waals surface area contributed by atoms with Crippen molar-refractivity contribution < 1.29 is 14.6 Å². The lowest BCUT2D eigenvalue weighted by Gasteiger charge is -2.33. The van der Waals surface area contributed by atoms with Gasteiger partial charge in [-0.25, -0.2) is 0 Å². The third kappa shape index (κ3) is 3.78. The molecule has 0 aliphatic carbocycles. The Bertz CT molecular complexity index is 407. The van der Waals surface area contributed by atoms with Crippen molar-refractivity contribution >= 4 is 5.97 Å². The fourth-order valence-corrected chi connectivity index (χ4v) is 2.11. The van der Waals surface area contributed by atoms with Gasteiger partial charge in [0.25, 0.3) is 0 Å². The van der Waals surface area contributed by atoms with Crippen LogP contribution in [0.5, 0.6) is 0 Å². The highest BCUT2D eigenvalue weighted by atomic mass is 16.5. The minimum atomic E-state index is -0.919. The largest absolute Gasteiger partial charge is 0.481 e. The summed E-state index contributed by atoms with van der Waals surface area (Å²) in [7, 11) is 3.58. The van der Waals surface area contributed by atoms with E-state index in [0.29, 0.717) is 13.2 Å². The van der Waals surface area contributed by atoms with Gasteiger partial charge in [0.1, 0.15) is 5.41 Å². The van der Waals surface area contributed by atoms with Gasteiger partial charge >= 0.3 is 5.97 Å². The highest BCUT2D eigenvalue weighted by molar-refractivity contribution is 5.81. The summed E-state index contributed by atoms with van der Waals surface area (Å²) in [6.45, 7) is 4.81. The van der Waals surface area contributed by atoms with Gasteiger partial charge in [0.2, 0.25) is 0 Å². The Balaban J connectivity index is 2.93. The van der Waals surface area contributed by atoms with E-state index in [-0.39, 0.29) is 6.04 Å². The molecule has 0 saturated heterocycles. The first kappa shape index (κ1) is 15.7. The summed E-state index contributed by atoms with van der Waals surface area (Å²) in [4.78, 5) is 13.7. The van der Waals surface area contributed by atoms with Crippen LogP contribution in [0.25, 0.3) is 0 Å². The molecule has 0 aliphatic heterocycles. The molecule has 1 N–H and O–H groups in total. The molecule has 4 nitrogen and oxygen atoms in total. The van der Waals surface area contributed by atoms with E-state index >= 15 is 0 Å². The Kier molecular flexibility index (Phi) is 5.51. The standard InChI is InChI=1S/C15H23NO3/c1-12(10-19-4)16(3)11-15(2,14(17)18)13-8-6-5-7-9-13/h5-9,12H,10-11H2,1-4H3,(H,17,18). The summed E-state index contributed by atoms with van der Waals surface area (Å²) < 4.78 is 5.12. The molecule has 0 bridgehead atoms. The highest BCUT2D eigenvalue weighted by Crippen LogP contribution is 2.25. The molecule has 0 aliphatic rings. The zero-order chi connectivity index (χ0) is 14.5. The van der Waals surface area contributed by atoms with E-state index < -0.39 is 11.4 Å². The summed E-state index contributed by atoms with van der Waals surface area (Å²) in [5.41, 5.74) is -0.100. The summed E-state index contributed by atoms with van der Waals surface area (Å²) in [5.74, 6) is -0.810. The number of carbonyl (C=O) groups is 1. The van der Waals surface area contributed by atoms with E-state index in [2.05, 4.69) is 0 Å². The van der Waals surface area contributed by atoms with E-state index in [1.165, 1.54) is 0 Å². The molecular formula is C15H23NO3. The molecule has 106 valence electrons. The topological polar surface area (TPSA) is 49.8 Å². The smallest absolute Gasteiger partial charge is 0.315 e. The second-order valence-corrected chi connectivity index (χ2v) is 5.22. The Hall–Kier alpha value is -1.39. The van der Waals surface area contributed by atoms with Crippen LogP contribution in [0.3, 0.4) is 0 Å². The number of hydrogen-bond donors (Lipinski definition) is 1. The summed E-state index contributed by atoms with van der Waals surface area (Å²) in [6.07, 6.45) is 0. The number of aliphatic carboxylic acids is 1. The lowest BCUT2D eigenvalue weighted by Crippen LogP contribution is -2.47. The number of benzene rings is 1. The van der Waals surface area contributed by atoms with Gasteiger partial charge in [-0.3, -0.25) is 9.69 Å². The molecule has 1 aromatic rings. The van der Waals surface area contributed by atoms with Gasteiger partial charge in [-0.05, 0) is 26.5 Å². The monoisotopic (exact) mass is 265 g/mol. The van der Waals surface area contributed by atoms with Crippen molar-refractivity contribution in [1.82, 2.24) is 4.90 Å². The SMILES string of the molecule is COCC(C)N(C)CC(C)(C(=O)O)c1ccccc1. The maximum atomic E-state index is 11.7. The van der Waals surface area contributed by atoms with Gasteiger partial charge in [0, 0.05) is 19.7 Å². The van der Waals surface area contributed by atoms with Gasteiger partial charge in [-0.2, -0.15) is 0 Å². The first-order chi connectivity index (χ1) is 8.91. The normalized spacial score (nSPS) is 16.1. The van der Waals surface area contributed by atoms with Crippen LogP contribution in [0.1, 0.15) is 19.4 Å². The number of ether oxygens (including phenoxy) is 1. The third-order valence-electron chi connectivity index (χ3n) is 3.61. The Morgan fingerprint density at radius 3 is 2.47 bits per heavy atom. The third-order valence-corrected chi connectivity index (χ3v) is 3.61. The number of carboxylic acid groups (broad SMARTS) is 1. The Morgan fingerprint density at radius 2 is 2.00 bits per heavy atom. The number of rotatable bonds is 7. The molecule has 0 heterocycles. The predicted molar refractivity (Wildman–Crippen MR) is 75.4 cm³/mol. The van der Waals surface area contributed by atoms with E-state index in [1.54, 1.807) is 14.0 Å². The average Bonchev–Trinajstić information content (AvgIpc) is 2.39. The summed E-state index contributed by atoms with van der Waals surface area (Å²) in [6, 6.07) is 9.53. The van der Waals surface area contributed by atoms with Gasteiger partial charge in [-0.1, -0.05) is 30.3 Å². The molecule has 1 aromatic carbocycles. The number of likely N-dealkylation sites (N-methyl/N-ethyl adjacent to an activating group) is 1. The van der Waals surface area contributed by atoms with Crippen LogP contribution in [0.4, 0.5) is 0 Å². The van der Waals surface area contributed by atoms with Gasteiger partial charge in [0.15, 0.2) is 0 Å². The Labute approximate surface area is 115 Å². The second kappa shape index (κ2) is 6.68. The van der Waals surface area contributed by atoms with E-state index in [9.17, 15) is 9.90 Å². The van der Waals surface area contributed by atoms with Crippen LogP contribution < -0.4 is 0 Å². The van der Waals surface area contributed by atoms with Crippen molar-refractivity contribution in [2.45, 2.75) is 25.3 Å². The second-order valence-electron chi connectivity index (χ2n) is 5.22. The molecule has 4 heteroatoms. The quantitative estimate of drug-likeness (QED) is 0.819. The van der Waals surface area contributed by atoms with Crippen molar-refractivity contribution in [1.29, 1.82) is 0 Å². The Morgan fingerprint density at radius 1 is 1.42 bits per heavy atom. The minimum Gasteiger partial charge on any atom is -0.481 e.